The Morgan fingerprint density at radius 1 is 0.315 bits per heavy atom. The Morgan fingerprint density at radius 2 is 0.631 bits per heavy atom. The number of phenols is 1. The molecule has 0 aliphatic heterocycles. The topological polar surface area (TPSA) is 383 Å². The minimum absolute atomic E-state index is 0.0617. The van der Waals surface area contributed by atoms with E-state index in [1.54, 1.807) is 141 Å². The Balaban J connectivity index is 0.000000142. The number of amides is 5. The Kier molecular flexibility index (Phi) is 33.1. The van der Waals surface area contributed by atoms with Crippen LogP contribution in [-0.4, -0.2) is 124 Å². The van der Waals surface area contributed by atoms with E-state index < -0.39 is 84.7 Å². The highest BCUT2D eigenvalue weighted by Gasteiger charge is 2.38. The maximum atomic E-state index is 12.5. The van der Waals surface area contributed by atoms with E-state index in [-0.39, 0.29) is 47.5 Å². The summed E-state index contributed by atoms with van der Waals surface area (Å²) >= 11 is 11.5. The summed E-state index contributed by atoms with van der Waals surface area (Å²) < 4.78 is 25.6. The molecule has 19 rings (SSSR count). The average molecular weight is 2040 g/mol. The molecule has 0 saturated heterocycles. The second kappa shape index (κ2) is 45.8. The SMILES string of the molecule is CC(=O)Oc1c(OC(C)=O)c2cc(NC(=O)C(C)(C)C)ccc2c2ccccc12.CC(Cl)(Cl)C(=O)Nc1ccc2c(c1)-c1ccccc1C(=O)C2=O.CCCC(C)(C)C(=O)Nc1ccc2c(c1)C(=O)C(=O)c1ccccc1-2.COCCOc1c(O)c2cc(NC(=O)C(C)(C)C)ccc2c2ccccc12.Cc1ccc2c(c1)-c1ccccc1C(=O)C2=O.O=C(COCc1ccccc1)Nc1ccc2c(c1)C(=O)C(=O)c1ccccc1-2. The van der Waals surface area contributed by atoms with E-state index in [1.165, 1.54) is 32.9 Å². The van der Waals surface area contributed by atoms with Gasteiger partial charge in [0.1, 0.15) is 13.2 Å². The number of hydrogen-bond donors (Lipinski definition) is 6. The van der Waals surface area contributed by atoms with Gasteiger partial charge in [0.15, 0.2) is 27.3 Å². The molecule has 0 fully saturated rings. The van der Waals surface area contributed by atoms with Crippen molar-refractivity contribution in [3.63, 3.8) is 0 Å². The van der Waals surface area contributed by atoms with Crippen LogP contribution in [0.5, 0.6) is 23.0 Å². The molecule has 0 heterocycles. The molecule has 26 nitrogen and oxygen atoms in total. The number of anilines is 5. The van der Waals surface area contributed by atoms with Crippen molar-refractivity contribution in [2.75, 3.05) is 53.5 Å². The molecule has 4 aliphatic carbocycles. The fourth-order valence-electron chi connectivity index (χ4n) is 17.1. The molecule has 5 amide bonds. The van der Waals surface area contributed by atoms with Crippen LogP contribution in [0.25, 0.3) is 87.6 Å². The number of ether oxygens (including phenoxy) is 5. The highest BCUT2D eigenvalue weighted by atomic mass is 35.5. The lowest BCUT2D eigenvalue weighted by molar-refractivity contribution is -0.134. The zero-order chi connectivity index (χ0) is 107. The predicted octanol–water partition coefficient (Wildman–Crippen LogP) is 24.8. The van der Waals surface area contributed by atoms with Crippen molar-refractivity contribution < 1.29 is 101 Å². The number of carbonyl (C=O) groups excluding carboxylic acids is 15. The summed E-state index contributed by atoms with van der Waals surface area (Å²) in [5.74, 6) is -5.51. The van der Waals surface area contributed by atoms with E-state index in [1.807, 2.05) is 209 Å². The van der Waals surface area contributed by atoms with Crippen LogP contribution in [0.1, 0.15) is 190 Å². The molecule has 0 bridgehead atoms. The van der Waals surface area contributed by atoms with Crippen LogP contribution >= 0.6 is 23.2 Å². The van der Waals surface area contributed by atoms with Gasteiger partial charge in [-0.2, -0.15) is 0 Å². The number of fused-ring (bicyclic) bond motifs is 18. The average Bonchev–Trinajstić information content (AvgIpc) is 0.762. The van der Waals surface area contributed by atoms with Crippen LogP contribution in [0, 0.1) is 23.2 Å². The van der Waals surface area contributed by atoms with E-state index >= 15 is 0 Å². The molecule has 0 atom stereocenters. The number of aromatic hydroxyl groups is 1. The van der Waals surface area contributed by atoms with Gasteiger partial charge in [0.2, 0.25) is 69.9 Å². The first-order valence-corrected chi connectivity index (χ1v) is 48.6. The van der Waals surface area contributed by atoms with Gasteiger partial charge in [0.05, 0.1) is 13.2 Å². The first kappa shape index (κ1) is 108. The monoisotopic (exact) mass is 2040 g/mol. The third kappa shape index (κ3) is 24.6. The van der Waals surface area contributed by atoms with Crippen molar-refractivity contribution in [1.82, 2.24) is 0 Å². The van der Waals surface area contributed by atoms with Crippen molar-refractivity contribution in [3.8, 4) is 67.5 Å². The van der Waals surface area contributed by atoms with Crippen LogP contribution in [0.4, 0.5) is 28.4 Å². The fourth-order valence-corrected chi connectivity index (χ4v) is 17.2. The number of esters is 2. The Morgan fingerprint density at radius 3 is 1.06 bits per heavy atom. The molecule has 756 valence electrons. The number of aryl methyl sites for hydroxylation is 1. The molecule has 6 N–H and O–H groups in total. The van der Waals surface area contributed by atoms with Crippen LogP contribution in [0.2, 0.25) is 0 Å². The molecule has 0 saturated carbocycles. The van der Waals surface area contributed by atoms with Gasteiger partial charge in [-0.05, 0) is 159 Å². The molecule has 0 radical (unpaired) electrons. The lowest BCUT2D eigenvalue weighted by Gasteiger charge is -2.24. The standard InChI is InChI=1S/C23H23NO5.C23H17NO4.C22H25NO4.C21H21NO3.C17H11Cl2NO3.C15H10O2/c1-13(25)28-20-18-9-7-6-8-16(18)17-11-10-15(24-22(27)23(3,4)5)12-19(17)21(20)29-14(2)26;25-21(14-28-13-15-6-2-1-3-7-15)24-16-10-11-18-17-8-4-5-9-19(17)22(26)23(27)20(18)12-16;1-22(2,3)21(25)23-14-9-10-16-15-7-5-6-8-17(15)20(27-12-11-26-4)19(24)18(16)13-14;1-4-11-21(2,3)20(25)22-13-9-10-15-14-7-5-6-8-16(14)18(23)19(24)17(15)12-13;1-17(18,19)16(23)20-9-6-7-12-13(8-9)10-4-2-3-5-11(10)14(21)15(12)22;1-9-6-7-12-13(8-9)10-4-2-3-5-11(10)14(16)15(12)17/h6-12H,1-5H3,(H,24,27);1-12H,13-14H2,(H,24,25);5-10,13,24H,11-12H2,1-4H3,(H,23,25);5-10,12H,4,11H2,1-3H3,(H,22,25);2-8H,1H3,(H,20,23);2-8H,1H3. The lowest BCUT2D eigenvalue weighted by atomic mass is 9.83. The fraction of sp³-hybridized carbons (Fsp3) is 0.198. The molecule has 15 aromatic rings. The Labute approximate surface area is 869 Å². The van der Waals surface area contributed by atoms with Crippen LogP contribution in [0.15, 0.2) is 285 Å². The van der Waals surface area contributed by atoms with E-state index in [0.717, 1.165) is 78.7 Å². The smallest absolute Gasteiger partial charge is 0.308 e. The highest BCUT2D eigenvalue weighted by molar-refractivity contribution is 6.59. The van der Waals surface area contributed by atoms with E-state index in [9.17, 15) is 77.0 Å². The van der Waals surface area contributed by atoms with Crippen molar-refractivity contribution in [3.05, 3.63) is 341 Å². The second-order valence-corrected chi connectivity index (χ2v) is 40.2. The van der Waals surface area contributed by atoms with Crippen molar-refractivity contribution >= 4 is 182 Å². The van der Waals surface area contributed by atoms with Crippen LogP contribution < -0.4 is 40.8 Å². The molecule has 0 spiro atoms. The number of Topliss-reactive ketones (excluding diaryl/α,β-unsaturated/α-hetero) is 8. The molecule has 0 aromatic heterocycles. The molecule has 28 heteroatoms. The number of methoxy groups -OCH3 is 1. The van der Waals surface area contributed by atoms with Crippen LogP contribution in [-0.2, 0) is 49.6 Å². The summed E-state index contributed by atoms with van der Waals surface area (Å²) in [7, 11) is 1.60. The maximum absolute atomic E-state index is 12.5. The first-order valence-electron chi connectivity index (χ1n) is 47.8. The van der Waals surface area contributed by atoms with Gasteiger partial charge in [-0.25, -0.2) is 0 Å². The molecule has 4 aliphatic rings. The van der Waals surface area contributed by atoms with E-state index in [0.29, 0.717) is 131 Å². The summed E-state index contributed by atoms with van der Waals surface area (Å²) in [5.41, 5.74) is 12.2. The van der Waals surface area contributed by atoms with Gasteiger partial charge in [0.25, 0.3) is 5.91 Å². The summed E-state index contributed by atoms with van der Waals surface area (Å²) in [5, 5.41) is 31.0. The number of carbonyl (C=O) groups is 15. The van der Waals surface area contributed by atoms with Gasteiger partial charge in [-0.1, -0.05) is 316 Å². The highest BCUT2D eigenvalue weighted by Crippen LogP contribution is 2.48. The molecule has 149 heavy (non-hydrogen) atoms. The number of halogens is 2. The summed E-state index contributed by atoms with van der Waals surface area (Å²) in [6, 6.07) is 84.3. The van der Waals surface area contributed by atoms with Gasteiger partial charge in [-0.3, -0.25) is 71.9 Å². The minimum atomic E-state index is -1.57. The Bertz CT molecular complexity index is 7980. The number of phenolic OH excluding ortho intramolecular Hbond substituents is 1. The summed E-state index contributed by atoms with van der Waals surface area (Å²) in [6.45, 7) is 23.8. The number of ketones is 8. The summed E-state index contributed by atoms with van der Waals surface area (Å²) in [4.78, 5) is 182. The zero-order valence-electron chi connectivity index (χ0n) is 84.2. The van der Waals surface area contributed by atoms with E-state index in [2.05, 4.69) is 26.6 Å². The third-order valence-corrected chi connectivity index (χ3v) is 25.0. The second-order valence-electron chi connectivity index (χ2n) is 38.5. The molecule has 0 unspecified atom stereocenters. The molecular weight excluding hydrogens is 1930 g/mol. The number of hydrogen-bond acceptors (Lipinski definition) is 21. The van der Waals surface area contributed by atoms with Crippen molar-refractivity contribution in [2.45, 2.75) is 114 Å². The minimum Gasteiger partial charge on any atom is -0.504 e. The predicted molar refractivity (Wildman–Crippen MR) is 578 cm³/mol. The maximum Gasteiger partial charge on any atom is 0.308 e. The van der Waals surface area contributed by atoms with Gasteiger partial charge in [0, 0.05) is 132 Å². The lowest BCUT2D eigenvalue weighted by Crippen LogP contribution is -2.30. The van der Waals surface area contributed by atoms with Crippen molar-refractivity contribution in [2.24, 2.45) is 16.2 Å². The normalized spacial score (nSPS) is 12.4. The third-order valence-electron chi connectivity index (χ3n) is 24.7. The largest absolute Gasteiger partial charge is 0.504 e. The van der Waals surface area contributed by atoms with Crippen molar-refractivity contribution in [1.29, 1.82) is 0 Å². The Hall–Kier alpha value is -16.9. The van der Waals surface area contributed by atoms with E-state index in [4.69, 9.17) is 46.9 Å². The number of rotatable bonds is 19. The quantitative estimate of drug-likeness (QED) is 0.0109. The number of alkyl halides is 2. The zero-order valence-corrected chi connectivity index (χ0v) is 85.8. The number of benzene rings is 15. The van der Waals surface area contributed by atoms with Crippen LogP contribution in [0.3, 0.4) is 0 Å². The summed E-state index contributed by atoms with van der Waals surface area (Å²) in [6.07, 6.45) is 1.68. The molecular formula is C121H107Cl2N5O21. The number of nitrogens with one attached hydrogen (secondary N) is 5. The van der Waals surface area contributed by atoms with Gasteiger partial charge in [-0.15, -0.1) is 0 Å². The first-order chi connectivity index (χ1) is 70.8. The molecule has 15 aromatic carbocycles. The van der Waals surface area contributed by atoms with Gasteiger partial charge >= 0.3 is 11.9 Å². The van der Waals surface area contributed by atoms with Gasteiger partial charge < -0.3 is 55.4 Å².